The summed E-state index contributed by atoms with van der Waals surface area (Å²) in [5.41, 5.74) is 3.83. The van der Waals surface area contributed by atoms with Gasteiger partial charge in [-0.3, -0.25) is 19.2 Å². The summed E-state index contributed by atoms with van der Waals surface area (Å²) in [6.07, 6.45) is 9.90. The maximum Gasteiger partial charge on any atom is 0.343 e. The van der Waals surface area contributed by atoms with E-state index in [1.54, 1.807) is 160 Å². The molecule has 0 saturated heterocycles. The molecule has 0 N–H and O–H groups in total. The Labute approximate surface area is 697 Å². The minimum absolute atomic E-state index is 0. The fraction of sp³-hybridized carbons (Fsp3) is 0.299. The van der Waals surface area contributed by atoms with Crippen LogP contribution in [0.25, 0.3) is 12.2 Å². The zero-order valence-electron chi connectivity index (χ0n) is 61.7. The smallest absolute Gasteiger partial charge is 0.343 e. The van der Waals surface area contributed by atoms with Gasteiger partial charge in [-0.25, -0.2) is 24.0 Å². The van der Waals surface area contributed by atoms with Gasteiger partial charge < -0.3 is 52.1 Å². The Morgan fingerprint density at radius 2 is 0.661 bits per heavy atom. The van der Waals surface area contributed by atoms with E-state index in [0.29, 0.717) is 126 Å². The SMILES string of the molecule is C.C.C.C.C.C.C.C.CCC(CC(C)C(=O)OCCCCOc1ccc(C(=O)Oc2ccc(C#N)cc2)cc1)C(=O)Oc1ccc(OC(=O)/C=C/c2ccccc2)cc1C.CCC(CC(C)C(=O)OCCCCOc1ccc(C(=O)Oc2ccc(C(=O)Oc3ccccc3)cc2)cc1)C(=O)Oc1ccc(OC(=O)/C=C/c2ccccc2)cc1. The van der Waals surface area contributed by atoms with Crippen molar-refractivity contribution in [3.05, 3.63) is 282 Å². The van der Waals surface area contributed by atoms with Crippen molar-refractivity contribution in [2.75, 3.05) is 26.4 Å². The molecule has 0 aliphatic rings. The molecule has 0 bridgehead atoms. The molecule has 4 unspecified atom stereocenters. The van der Waals surface area contributed by atoms with Crippen LogP contribution in [0.4, 0.5) is 0 Å². The Kier molecular flexibility index (Phi) is 49.8. The van der Waals surface area contributed by atoms with Crippen LogP contribution in [-0.2, 0) is 38.2 Å². The summed E-state index contributed by atoms with van der Waals surface area (Å²) in [6.45, 7) is 10.1. The monoisotopic (exact) mass is 1620 g/mol. The second kappa shape index (κ2) is 56.1. The van der Waals surface area contributed by atoms with Gasteiger partial charge in [0.2, 0.25) is 0 Å². The van der Waals surface area contributed by atoms with E-state index in [4.69, 9.17) is 57.4 Å². The molecule has 0 amide bonds. The summed E-state index contributed by atoms with van der Waals surface area (Å²) in [6, 6.07) is 65.8. The van der Waals surface area contributed by atoms with Crippen LogP contribution in [0.2, 0.25) is 0 Å². The van der Waals surface area contributed by atoms with Crippen LogP contribution >= 0.6 is 0 Å². The first-order valence-electron chi connectivity index (χ1n) is 36.0. The topological polar surface area (TPSA) is 279 Å². The van der Waals surface area contributed by atoms with E-state index >= 15 is 0 Å². The van der Waals surface area contributed by atoms with Crippen molar-refractivity contribution < 1.29 is 95.3 Å². The van der Waals surface area contributed by atoms with Crippen molar-refractivity contribution in [1.29, 1.82) is 5.26 Å². The van der Waals surface area contributed by atoms with Crippen LogP contribution < -0.4 is 42.6 Å². The number of rotatable bonds is 36. The average molecular weight is 1620 g/mol. The Morgan fingerprint density at radius 1 is 0.347 bits per heavy atom. The molecule has 630 valence electrons. The van der Waals surface area contributed by atoms with E-state index in [-0.39, 0.29) is 97.2 Å². The summed E-state index contributed by atoms with van der Waals surface area (Å²) in [7, 11) is 0. The second-order valence-corrected chi connectivity index (χ2v) is 25.2. The van der Waals surface area contributed by atoms with Crippen molar-refractivity contribution in [3.63, 3.8) is 0 Å². The highest BCUT2D eigenvalue weighted by Crippen LogP contribution is 2.29. The number of hydrogen-bond donors (Lipinski definition) is 0. The third-order valence-corrected chi connectivity index (χ3v) is 16.7. The summed E-state index contributed by atoms with van der Waals surface area (Å²) in [5.74, 6) is -2.98. The highest BCUT2D eigenvalue weighted by atomic mass is 16.6. The Bertz CT molecular complexity index is 4600. The van der Waals surface area contributed by atoms with Gasteiger partial charge in [0, 0.05) is 12.2 Å². The second-order valence-electron chi connectivity index (χ2n) is 25.2. The number of esters is 9. The van der Waals surface area contributed by atoms with Crippen LogP contribution in [0.15, 0.2) is 243 Å². The number of nitrogens with zero attached hydrogens (tertiary/aromatic N) is 1. The van der Waals surface area contributed by atoms with Crippen LogP contribution in [0.5, 0.6) is 51.7 Å². The molecule has 9 aromatic rings. The highest BCUT2D eigenvalue weighted by Gasteiger charge is 2.28. The van der Waals surface area contributed by atoms with E-state index in [1.165, 1.54) is 48.6 Å². The normalized spacial score (nSPS) is 11.1. The number of para-hydroxylation sites is 1. The first kappa shape index (κ1) is 105. The molecular formula is C97H117NO20. The number of nitriles is 1. The van der Waals surface area contributed by atoms with Gasteiger partial charge in [0.05, 0.1) is 78.4 Å². The Morgan fingerprint density at radius 3 is 1.04 bits per heavy atom. The maximum absolute atomic E-state index is 13.0. The lowest BCUT2D eigenvalue weighted by Crippen LogP contribution is -2.26. The molecular weight excluding hydrogens is 1500 g/mol. The van der Waals surface area contributed by atoms with Crippen LogP contribution in [0.3, 0.4) is 0 Å². The van der Waals surface area contributed by atoms with Crippen molar-refractivity contribution in [2.24, 2.45) is 23.7 Å². The first-order valence-corrected chi connectivity index (χ1v) is 36.0. The third kappa shape index (κ3) is 36.1. The lowest BCUT2D eigenvalue weighted by Gasteiger charge is -2.18. The van der Waals surface area contributed by atoms with Gasteiger partial charge in [0.15, 0.2) is 0 Å². The van der Waals surface area contributed by atoms with E-state index in [1.807, 2.05) is 86.6 Å². The minimum atomic E-state index is -0.566. The number of carbonyl (C=O) groups is 9. The molecule has 118 heavy (non-hydrogen) atoms. The van der Waals surface area contributed by atoms with Gasteiger partial charge in [-0.15, -0.1) is 0 Å². The molecule has 21 heteroatoms. The standard InChI is InChI=1S/C47H44O11.C42H41NO9.8CH4/c1-3-35(45(50)57-42-27-25-40(26-28-42)55-43(48)29-16-34-12-6-4-7-13-34)32-33(2)44(49)54-31-11-10-30-53-38-21-17-36(18-22-38)47(52)58-41-23-19-37(20-24-41)46(51)56-39-14-8-5-9-15-39;1-4-33(41(46)52-38-22-21-37(27-29(38)2)50-39(44)23-14-31-10-6-5-7-11-31)26-30(3)40(45)49-25-9-8-24-48-35-19-15-34(16-20-35)42(47)51-36-17-12-32(28-43)13-18-36;;;;;;;;/h4-9,12-29,33,35H,3,10-11,30-32H2,1-2H3;5-7,10-23,27,30,33H,4,8-9,24-26H2,1-3H3;8*1H4/b29-16+;23-14+;;;;;;;;. The molecule has 0 radical (unpaired) electrons. The number of unbranched alkanes of at least 4 members (excludes halogenated alkanes) is 2. The molecule has 4 atom stereocenters. The summed E-state index contributed by atoms with van der Waals surface area (Å²) >= 11 is 0. The molecule has 0 spiro atoms. The van der Waals surface area contributed by atoms with Gasteiger partial charge in [0.25, 0.3) is 0 Å². The van der Waals surface area contributed by atoms with E-state index in [2.05, 4.69) is 0 Å². The molecule has 0 saturated carbocycles. The van der Waals surface area contributed by atoms with Crippen molar-refractivity contribution in [1.82, 2.24) is 0 Å². The zero-order valence-corrected chi connectivity index (χ0v) is 61.7. The fourth-order valence-corrected chi connectivity index (χ4v) is 10.5. The van der Waals surface area contributed by atoms with Gasteiger partial charge in [-0.2, -0.15) is 5.26 Å². The summed E-state index contributed by atoms with van der Waals surface area (Å²) < 4.78 is 60.4. The van der Waals surface area contributed by atoms with Crippen molar-refractivity contribution >= 4 is 65.9 Å². The van der Waals surface area contributed by atoms with Crippen LogP contribution in [0, 0.1) is 41.9 Å². The van der Waals surface area contributed by atoms with E-state index in [9.17, 15) is 43.2 Å². The van der Waals surface area contributed by atoms with Gasteiger partial charge in [-0.1, -0.05) is 166 Å². The minimum Gasteiger partial charge on any atom is -0.494 e. The molecule has 0 fully saturated rings. The van der Waals surface area contributed by atoms with Gasteiger partial charge >= 0.3 is 53.7 Å². The fourth-order valence-electron chi connectivity index (χ4n) is 10.5. The molecule has 21 nitrogen and oxygen atoms in total. The van der Waals surface area contributed by atoms with E-state index in [0.717, 1.165) is 11.1 Å². The molecule has 0 heterocycles. The largest absolute Gasteiger partial charge is 0.494 e. The quantitative estimate of drug-likeness (QED) is 0.0153. The predicted octanol–water partition coefficient (Wildman–Crippen LogP) is 22.3. The number of hydrogen-bond acceptors (Lipinski definition) is 21. The predicted molar refractivity (Wildman–Crippen MR) is 463 cm³/mol. The Balaban J connectivity index is 0.00000218. The molecule has 9 aromatic carbocycles. The lowest BCUT2D eigenvalue weighted by molar-refractivity contribution is -0.151. The average Bonchev–Trinajstić information content (AvgIpc) is 0.850. The van der Waals surface area contributed by atoms with Gasteiger partial charge in [-0.05, 0) is 239 Å². The lowest BCUT2D eigenvalue weighted by atomic mass is 9.94. The van der Waals surface area contributed by atoms with Gasteiger partial charge in [0.1, 0.15) is 51.7 Å². The number of benzene rings is 9. The molecule has 0 aromatic heterocycles. The van der Waals surface area contributed by atoms with Crippen LogP contribution in [-0.4, -0.2) is 80.2 Å². The number of ether oxygens (including phenoxy) is 11. The van der Waals surface area contributed by atoms with E-state index < -0.39 is 71.4 Å². The highest BCUT2D eigenvalue weighted by molar-refractivity contribution is 5.94. The number of aryl methyl sites for hydroxylation is 1. The Hall–Kier alpha value is -13.2. The summed E-state index contributed by atoms with van der Waals surface area (Å²) in [4.78, 5) is 113. The van der Waals surface area contributed by atoms with Crippen LogP contribution in [0.1, 0.15) is 192 Å². The molecule has 0 aliphatic heterocycles. The van der Waals surface area contributed by atoms with Crippen molar-refractivity contribution in [2.45, 2.75) is 145 Å². The zero-order chi connectivity index (χ0) is 78.4. The first-order chi connectivity index (χ1) is 53.3. The third-order valence-electron chi connectivity index (χ3n) is 16.7. The molecule has 9 rings (SSSR count). The molecule has 0 aliphatic carbocycles. The number of carbonyl (C=O) groups excluding carboxylic acids is 9. The summed E-state index contributed by atoms with van der Waals surface area (Å²) in [5, 5.41) is 8.88. The maximum atomic E-state index is 13.0. The van der Waals surface area contributed by atoms with Crippen molar-refractivity contribution in [3.8, 4) is 57.8 Å².